The molecule has 16 heavy (non-hydrogen) atoms. The summed E-state index contributed by atoms with van der Waals surface area (Å²) in [5.74, 6) is 0.613. The Morgan fingerprint density at radius 2 is 1.56 bits per heavy atom. The maximum absolute atomic E-state index is 3.77. The SMILES string of the molecule is C=Cc1ccc(C(C)C)cc1C.CC.CC. The molecule has 0 N–H and O–H groups in total. The standard InChI is InChI=1S/C12H16.2C2H6/c1-5-11-6-7-12(9(2)3)8-10(11)4;2*1-2/h5-9H,1H2,2-4H3;2*1-2H3. The van der Waals surface area contributed by atoms with Crippen LogP contribution in [0.2, 0.25) is 0 Å². The smallest absolute Gasteiger partial charge is 0.0219 e. The van der Waals surface area contributed by atoms with Gasteiger partial charge in [0, 0.05) is 0 Å². The van der Waals surface area contributed by atoms with Crippen molar-refractivity contribution < 1.29 is 0 Å². The predicted octanol–water partition coefficient (Wildman–Crippen LogP) is 5.81. The number of benzene rings is 1. The van der Waals surface area contributed by atoms with Gasteiger partial charge in [0.1, 0.15) is 0 Å². The molecule has 0 aliphatic carbocycles. The largest absolute Gasteiger partial charge is 0.0985 e. The Morgan fingerprint density at radius 3 is 1.88 bits per heavy atom. The molecule has 1 rings (SSSR count). The van der Waals surface area contributed by atoms with Crippen LogP contribution in [0.25, 0.3) is 6.08 Å². The first-order chi connectivity index (χ1) is 7.65. The van der Waals surface area contributed by atoms with Crippen molar-refractivity contribution in [3.63, 3.8) is 0 Å². The van der Waals surface area contributed by atoms with Crippen LogP contribution in [-0.2, 0) is 0 Å². The molecule has 0 aliphatic rings. The minimum atomic E-state index is 0.613. The normalized spacial score (nSPS) is 8.50. The number of rotatable bonds is 2. The first-order valence-corrected chi connectivity index (χ1v) is 6.38. The highest BCUT2D eigenvalue weighted by Crippen LogP contribution is 2.18. The molecule has 1 aromatic carbocycles. The second-order valence-electron chi connectivity index (χ2n) is 3.47. The van der Waals surface area contributed by atoms with Gasteiger partial charge >= 0.3 is 0 Å². The highest BCUT2D eigenvalue weighted by Gasteiger charge is 2.00. The summed E-state index contributed by atoms with van der Waals surface area (Å²) in [7, 11) is 0. The molecule has 0 atom stereocenters. The third-order valence-electron chi connectivity index (χ3n) is 2.18. The molecule has 0 amide bonds. The average molecular weight is 220 g/mol. The molecule has 0 aliphatic heterocycles. The summed E-state index contributed by atoms with van der Waals surface area (Å²) in [6.45, 7) is 18.3. The van der Waals surface area contributed by atoms with E-state index in [1.54, 1.807) is 0 Å². The molecule has 0 saturated heterocycles. The number of hydrogen-bond donors (Lipinski definition) is 0. The molecule has 92 valence electrons. The van der Waals surface area contributed by atoms with Crippen molar-refractivity contribution in [1.29, 1.82) is 0 Å². The molecule has 0 nitrogen and oxygen atoms in total. The van der Waals surface area contributed by atoms with E-state index in [2.05, 4.69) is 45.5 Å². The van der Waals surface area contributed by atoms with Gasteiger partial charge in [-0.2, -0.15) is 0 Å². The van der Waals surface area contributed by atoms with E-state index >= 15 is 0 Å². The van der Waals surface area contributed by atoms with E-state index < -0.39 is 0 Å². The van der Waals surface area contributed by atoms with E-state index in [9.17, 15) is 0 Å². The monoisotopic (exact) mass is 220 g/mol. The fourth-order valence-electron chi connectivity index (χ4n) is 1.29. The van der Waals surface area contributed by atoms with Gasteiger partial charge in [0.05, 0.1) is 0 Å². The van der Waals surface area contributed by atoms with Crippen molar-refractivity contribution in [1.82, 2.24) is 0 Å². The molecule has 0 bridgehead atoms. The van der Waals surface area contributed by atoms with Gasteiger partial charge in [0.2, 0.25) is 0 Å². The van der Waals surface area contributed by atoms with Crippen LogP contribution < -0.4 is 0 Å². The molecule has 0 saturated carbocycles. The molecule has 0 unspecified atom stereocenters. The van der Waals surface area contributed by atoms with Crippen molar-refractivity contribution in [3.05, 3.63) is 41.5 Å². The minimum Gasteiger partial charge on any atom is -0.0985 e. The lowest BCUT2D eigenvalue weighted by molar-refractivity contribution is 0.864. The Kier molecular flexibility index (Phi) is 11.4. The van der Waals surface area contributed by atoms with Gasteiger partial charge < -0.3 is 0 Å². The quantitative estimate of drug-likeness (QED) is 0.589. The summed E-state index contributed by atoms with van der Waals surface area (Å²) in [6, 6.07) is 6.55. The van der Waals surface area contributed by atoms with Gasteiger partial charge in [-0.25, -0.2) is 0 Å². The van der Waals surface area contributed by atoms with Gasteiger partial charge in [-0.15, -0.1) is 0 Å². The van der Waals surface area contributed by atoms with Gasteiger partial charge in [-0.1, -0.05) is 72.4 Å². The first kappa shape index (κ1) is 17.4. The maximum Gasteiger partial charge on any atom is -0.0219 e. The third-order valence-corrected chi connectivity index (χ3v) is 2.18. The Balaban J connectivity index is 0. The minimum absolute atomic E-state index is 0.613. The van der Waals surface area contributed by atoms with Crippen molar-refractivity contribution in [2.45, 2.75) is 54.4 Å². The van der Waals surface area contributed by atoms with Gasteiger partial charge in [-0.05, 0) is 29.5 Å². The molecule has 1 aromatic rings. The topological polar surface area (TPSA) is 0 Å². The Hall–Kier alpha value is -1.04. The van der Waals surface area contributed by atoms with E-state index in [-0.39, 0.29) is 0 Å². The fourth-order valence-corrected chi connectivity index (χ4v) is 1.29. The van der Waals surface area contributed by atoms with Crippen LogP contribution in [-0.4, -0.2) is 0 Å². The lowest BCUT2D eigenvalue weighted by Gasteiger charge is -2.07. The summed E-state index contributed by atoms with van der Waals surface area (Å²) in [6.07, 6.45) is 1.90. The Bertz CT molecular complexity index is 282. The number of hydrogen-bond acceptors (Lipinski definition) is 0. The zero-order valence-corrected chi connectivity index (χ0v) is 12.1. The summed E-state index contributed by atoms with van der Waals surface area (Å²) in [5, 5.41) is 0. The van der Waals surface area contributed by atoms with Crippen LogP contribution in [0.4, 0.5) is 0 Å². The molecule has 0 heterocycles. The van der Waals surface area contributed by atoms with E-state index in [4.69, 9.17) is 0 Å². The lowest BCUT2D eigenvalue weighted by Crippen LogP contribution is -1.89. The molecule has 0 aromatic heterocycles. The van der Waals surface area contributed by atoms with E-state index in [0.717, 1.165) is 0 Å². The summed E-state index contributed by atoms with van der Waals surface area (Å²) in [5.41, 5.74) is 3.95. The van der Waals surface area contributed by atoms with Crippen molar-refractivity contribution in [3.8, 4) is 0 Å². The average Bonchev–Trinajstić information content (AvgIpc) is 2.34. The van der Waals surface area contributed by atoms with Crippen molar-refractivity contribution in [2.24, 2.45) is 0 Å². The van der Waals surface area contributed by atoms with Crippen LogP contribution in [0.15, 0.2) is 24.8 Å². The second-order valence-corrected chi connectivity index (χ2v) is 3.47. The van der Waals surface area contributed by atoms with Crippen LogP contribution in [0.3, 0.4) is 0 Å². The summed E-state index contributed by atoms with van der Waals surface area (Å²) < 4.78 is 0. The van der Waals surface area contributed by atoms with E-state index in [1.165, 1.54) is 16.7 Å². The van der Waals surface area contributed by atoms with Crippen LogP contribution in [0.5, 0.6) is 0 Å². The summed E-state index contributed by atoms with van der Waals surface area (Å²) in [4.78, 5) is 0. The molecule has 0 heteroatoms. The van der Waals surface area contributed by atoms with Gasteiger partial charge in [0.15, 0.2) is 0 Å². The number of aryl methyl sites for hydroxylation is 1. The van der Waals surface area contributed by atoms with Crippen molar-refractivity contribution >= 4 is 6.08 Å². The summed E-state index contributed by atoms with van der Waals surface area (Å²) >= 11 is 0. The van der Waals surface area contributed by atoms with Crippen LogP contribution in [0, 0.1) is 6.92 Å². The lowest BCUT2D eigenvalue weighted by atomic mass is 9.98. The predicted molar refractivity (Wildman–Crippen MR) is 78.1 cm³/mol. The Morgan fingerprint density at radius 1 is 1.06 bits per heavy atom. The van der Waals surface area contributed by atoms with Crippen molar-refractivity contribution in [2.75, 3.05) is 0 Å². The van der Waals surface area contributed by atoms with Gasteiger partial charge in [-0.3, -0.25) is 0 Å². The van der Waals surface area contributed by atoms with E-state index in [0.29, 0.717) is 5.92 Å². The molecule has 0 radical (unpaired) electrons. The van der Waals surface area contributed by atoms with Gasteiger partial charge in [0.25, 0.3) is 0 Å². The third kappa shape index (κ3) is 5.75. The highest BCUT2D eigenvalue weighted by atomic mass is 14.1. The van der Waals surface area contributed by atoms with Crippen LogP contribution >= 0.6 is 0 Å². The maximum atomic E-state index is 3.77. The Labute approximate surface area is 102 Å². The second kappa shape index (κ2) is 10.5. The first-order valence-electron chi connectivity index (χ1n) is 6.38. The molecule has 0 fully saturated rings. The highest BCUT2D eigenvalue weighted by molar-refractivity contribution is 5.52. The van der Waals surface area contributed by atoms with Crippen LogP contribution in [0.1, 0.15) is 64.2 Å². The molecular weight excluding hydrogens is 192 g/mol. The zero-order chi connectivity index (χ0) is 13.1. The van der Waals surface area contributed by atoms with E-state index in [1.807, 2.05) is 33.8 Å². The zero-order valence-electron chi connectivity index (χ0n) is 12.1. The fraction of sp³-hybridized carbons (Fsp3) is 0.500. The molecular formula is C16H28. The molecule has 0 spiro atoms.